The number of thiol groups is 2. The molecule has 2 atom stereocenters. The normalized spacial score (nSPS) is 16.4. The van der Waals surface area contributed by atoms with Crippen molar-refractivity contribution in [2.75, 3.05) is 0 Å². The summed E-state index contributed by atoms with van der Waals surface area (Å²) in [6, 6.07) is 0. The van der Waals surface area contributed by atoms with Crippen molar-refractivity contribution >= 4 is 25.3 Å². The summed E-state index contributed by atoms with van der Waals surface area (Å²) in [5.74, 6) is 0. The maximum absolute atomic E-state index is 4.49. The molecule has 0 nitrogen and oxygen atoms in total. The molecular weight excluding hydrogens is 172 g/mol. The topological polar surface area (TPSA) is 0 Å². The monoisotopic (exact) mass is 192 g/mol. The average molecular weight is 192 g/mol. The van der Waals surface area contributed by atoms with Crippen molar-refractivity contribution in [1.29, 1.82) is 0 Å². The first-order chi connectivity index (χ1) is 5.16. The summed E-state index contributed by atoms with van der Waals surface area (Å²) in [6.45, 7) is 4.36. The van der Waals surface area contributed by atoms with E-state index in [-0.39, 0.29) is 0 Å². The molecule has 0 aromatic rings. The number of hydrogen-bond acceptors (Lipinski definition) is 2. The van der Waals surface area contributed by atoms with Crippen molar-refractivity contribution in [3.8, 4) is 0 Å². The van der Waals surface area contributed by atoms with Crippen LogP contribution in [-0.2, 0) is 0 Å². The van der Waals surface area contributed by atoms with E-state index in [0.717, 1.165) is 0 Å². The molecule has 0 N–H and O–H groups in total. The van der Waals surface area contributed by atoms with Gasteiger partial charge in [0.15, 0.2) is 0 Å². The maximum atomic E-state index is 4.49. The van der Waals surface area contributed by atoms with E-state index in [0.29, 0.717) is 10.5 Å². The maximum Gasteiger partial charge on any atom is 0.00167 e. The zero-order chi connectivity index (χ0) is 8.69. The van der Waals surface area contributed by atoms with Gasteiger partial charge in [-0.1, -0.05) is 26.7 Å². The fraction of sp³-hybridized carbons (Fsp3) is 1.00. The van der Waals surface area contributed by atoms with Crippen molar-refractivity contribution in [2.24, 2.45) is 0 Å². The smallest absolute Gasteiger partial charge is 0.00167 e. The quantitative estimate of drug-likeness (QED) is 0.591. The van der Waals surface area contributed by atoms with Crippen molar-refractivity contribution < 1.29 is 0 Å². The second-order valence-corrected chi connectivity index (χ2v) is 4.83. The lowest BCUT2D eigenvalue weighted by Crippen LogP contribution is -1.99. The second kappa shape index (κ2) is 7.35. The highest BCUT2D eigenvalue weighted by atomic mass is 32.1. The van der Waals surface area contributed by atoms with Crippen LogP contribution in [0.15, 0.2) is 0 Å². The molecule has 11 heavy (non-hydrogen) atoms. The van der Waals surface area contributed by atoms with E-state index in [1.54, 1.807) is 0 Å². The zero-order valence-electron chi connectivity index (χ0n) is 7.58. The molecule has 68 valence electrons. The van der Waals surface area contributed by atoms with Crippen LogP contribution in [-0.4, -0.2) is 10.5 Å². The third-order valence-corrected chi connectivity index (χ3v) is 2.56. The first-order valence-corrected chi connectivity index (χ1v) is 5.56. The molecular formula is C9H20S2. The molecule has 0 saturated heterocycles. The van der Waals surface area contributed by atoms with Gasteiger partial charge >= 0.3 is 0 Å². The summed E-state index contributed by atoms with van der Waals surface area (Å²) >= 11 is 8.82. The lowest BCUT2D eigenvalue weighted by atomic mass is 10.1. The largest absolute Gasteiger partial charge is 0.176 e. The van der Waals surface area contributed by atoms with Crippen LogP contribution in [0.25, 0.3) is 0 Å². The summed E-state index contributed by atoms with van der Waals surface area (Å²) < 4.78 is 0. The summed E-state index contributed by atoms with van der Waals surface area (Å²) in [7, 11) is 0. The van der Waals surface area contributed by atoms with Crippen molar-refractivity contribution in [2.45, 2.75) is 56.5 Å². The van der Waals surface area contributed by atoms with E-state index in [1.807, 2.05) is 0 Å². The van der Waals surface area contributed by atoms with Gasteiger partial charge in [0.05, 0.1) is 0 Å². The molecule has 0 aliphatic carbocycles. The molecule has 0 aromatic heterocycles. The van der Waals surface area contributed by atoms with Gasteiger partial charge < -0.3 is 0 Å². The van der Waals surface area contributed by atoms with Gasteiger partial charge in [-0.2, -0.15) is 25.3 Å². The van der Waals surface area contributed by atoms with Crippen LogP contribution in [0.2, 0.25) is 0 Å². The Morgan fingerprint density at radius 3 is 2.18 bits per heavy atom. The number of rotatable bonds is 6. The fourth-order valence-corrected chi connectivity index (χ4v) is 1.75. The van der Waals surface area contributed by atoms with Gasteiger partial charge in [0, 0.05) is 5.25 Å². The molecule has 0 aliphatic heterocycles. The Hall–Kier alpha value is 0.700. The molecule has 0 spiro atoms. The third kappa shape index (κ3) is 8.61. The van der Waals surface area contributed by atoms with E-state index >= 15 is 0 Å². The molecule has 0 aromatic carbocycles. The van der Waals surface area contributed by atoms with E-state index in [4.69, 9.17) is 0 Å². The van der Waals surface area contributed by atoms with Crippen LogP contribution in [0.3, 0.4) is 0 Å². The highest BCUT2D eigenvalue weighted by molar-refractivity contribution is 7.81. The minimum absolute atomic E-state index is 0.553. The first kappa shape index (κ1) is 11.7. The predicted octanol–water partition coefficient (Wildman–Crippen LogP) is 3.57. The van der Waals surface area contributed by atoms with Gasteiger partial charge in [0.1, 0.15) is 0 Å². The molecule has 0 bridgehead atoms. The van der Waals surface area contributed by atoms with Gasteiger partial charge in [-0.15, -0.1) is 0 Å². The predicted molar refractivity (Wildman–Crippen MR) is 60.0 cm³/mol. The minimum atomic E-state index is 0.553. The van der Waals surface area contributed by atoms with Crippen LogP contribution >= 0.6 is 25.3 Å². The Balaban J connectivity index is 3.10. The van der Waals surface area contributed by atoms with E-state index in [2.05, 4.69) is 39.1 Å². The van der Waals surface area contributed by atoms with Crippen molar-refractivity contribution in [3.63, 3.8) is 0 Å². The third-order valence-electron chi connectivity index (χ3n) is 1.78. The molecule has 0 aliphatic rings. The van der Waals surface area contributed by atoms with Crippen LogP contribution in [0.4, 0.5) is 0 Å². The van der Waals surface area contributed by atoms with Crippen molar-refractivity contribution in [1.82, 2.24) is 0 Å². The van der Waals surface area contributed by atoms with Crippen molar-refractivity contribution in [3.05, 3.63) is 0 Å². The van der Waals surface area contributed by atoms with Gasteiger partial charge in [-0.25, -0.2) is 0 Å². The standard InChI is InChI=1S/C9H20S2/c1-3-5-9(11)7-4-6-8(2)10/h8-11H,3-7H2,1-2H3. The molecule has 2 unspecified atom stereocenters. The number of hydrogen-bond donors (Lipinski definition) is 2. The Morgan fingerprint density at radius 1 is 1.09 bits per heavy atom. The van der Waals surface area contributed by atoms with Crippen LogP contribution in [0.1, 0.15) is 46.0 Å². The van der Waals surface area contributed by atoms with E-state index in [9.17, 15) is 0 Å². The first-order valence-electron chi connectivity index (χ1n) is 4.53. The highest BCUT2D eigenvalue weighted by Crippen LogP contribution is 2.14. The van der Waals surface area contributed by atoms with Gasteiger partial charge in [-0.05, 0) is 24.5 Å². The summed E-state index contributed by atoms with van der Waals surface area (Å²) in [4.78, 5) is 0. The average Bonchev–Trinajstić information content (AvgIpc) is 1.87. The molecule has 0 saturated carbocycles. The molecule has 0 rings (SSSR count). The van der Waals surface area contributed by atoms with Crippen LogP contribution < -0.4 is 0 Å². The van der Waals surface area contributed by atoms with E-state index in [1.165, 1.54) is 32.1 Å². The SMILES string of the molecule is CCCC(S)CCCC(C)S. The van der Waals surface area contributed by atoms with Crippen LogP contribution in [0, 0.1) is 0 Å². The lowest BCUT2D eigenvalue weighted by Gasteiger charge is -2.09. The van der Waals surface area contributed by atoms with Crippen LogP contribution in [0.5, 0.6) is 0 Å². The summed E-state index contributed by atoms with van der Waals surface area (Å²) in [5, 5.41) is 1.17. The Kier molecular flexibility index (Phi) is 7.82. The highest BCUT2D eigenvalue weighted by Gasteiger charge is 2.01. The molecule has 0 heterocycles. The van der Waals surface area contributed by atoms with Gasteiger partial charge in [0.25, 0.3) is 0 Å². The molecule has 0 fully saturated rings. The lowest BCUT2D eigenvalue weighted by molar-refractivity contribution is 0.622. The zero-order valence-corrected chi connectivity index (χ0v) is 9.37. The Morgan fingerprint density at radius 2 is 1.73 bits per heavy atom. The molecule has 0 radical (unpaired) electrons. The second-order valence-electron chi connectivity index (χ2n) is 3.22. The fourth-order valence-electron chi connectivity index (χ4n) is 1.13. The molecule has 0 amide bonds. The van der Waals surface area contributed by atoms with Gasteiger partial charge in [-0.3, -0.25) is 0 Å². The van der Waals surface area contributed by atoms with Gasteiger partial charge in [0.2, 0.25) is 0 Å². The molecule has 2 heteroatoms. The van der Waals surface area contributed by atoms with E-state index < -0.39 is 0 Å². The Labute approximate surface area is 82.0 Å². The minimum Gasteiger partial charge on any atom is -0.176 e. The summed E-state index contributed by atoms with van der Waals surface area (Å²) in [5.41, 5.74) is 0. The Bertz CT molecular complexity index is 81.6. The summed E-state index contributed by atoms with van der Waals surface area (Å²) in [6.07, 6.45) is 6.26.